The predicted molar refractivity (Wildman–Crippen MR) is 269 cm³/mol. The second-order valence-electron chi connectivity index (χ2n) is 18.6. The van der Waals surface area contributed by atoms with Crippen molar-refractivity contribution in [2.24, 2.45) is 0 Å². The summed E-state index contributed by atoms with van der Waals surface area (Å²) in [5.41, 5.74) is 23.4. The molecule has 11 aromatic rings. The summed E-state index contributed by atoms with van der Waals surface area (Å²) in [6.07, 6.45) is 0. The average molecular weight is 811 g/mol. The first-order valence-corrected chi connectivity index (χ1v) is 22.7. The van der Waals surface area contributed by atoms with Gasteiger partial charge in [0.25, 0.3) is 0 Å². The highest BCUT2D eigenvalue weighted by molar-refractivity contribution is 6.22. The lowest BCUT2D eigenvalue weighted by molar-refractivity contribution is 0.662. The van der Waals surface area contributed by atoms with E-state index in [0.717, 1.165) is 0 Å². The largest absolute Gasteiger partial charge is 0.0725 e. The van der Waals surface area contributed by atoms with Crippen LogP contribution in [-0.4, -0.2) is 0 Å². The SMILES string of the molecule is CC1(C)c2ccc3ccccc3c2-c2cccc(-c3cccc(-c4c5ccccc5c(-c5ccc6c(c5)C5(c7ccccc7-c7ccccc75)c5ccccc5-6)c5ccccc45)c3)c21. The highest BCUT2D eigenvalue weighted by atomic mass is 14.5. The second-order valence-corrected chi connectivity index (χ2v) is 18.6. The van der Waals surface area contributed by atoms with Crippen molar-refractivity contribution in [3.05, 3.63) is 252 Å². The molecule has 0 atom stereocenters. The third kappa shape index (κ3) is 4.52. The topological polar surface area (TPSA) is 0 Å². The smallest absolute Gasteiger partial charge is 0.0619 e. The molecule has 298 valence electrons. The van der Waals surface area contributed by atoms with Crippen molar-refractivity contribution in [3.63, 3.8) is 0 Å². The third-order valence-corrected chi connectivity index (χ3v) is 15.2. The zero-order chi connectivity index (χ0) is 42.3. The maximum Gasteiger partial charge on any atom is 0.0725 e. The summed E-state index contributed by atoms with van der Waals surface area (Å²) in [6.45, 7) is 4.81. The molecule has 14 rings (SSSR count). The van der Waals surface area contributed by atoms with Crippen LogP contribution in [0.1, 0.15) is 47.2 Å². The highest BCUT2D eigenvalue weighted by Gasteiger charge is 2.51. The van der Waals surface area contributed by atoms with E-state index in [0.29, 0.717) is 0 Å². The Bertz CT molecular complexity index is 3700. The molecule has 0 fully saturated rings. The van der Waals surface area contributed by atoms with Gasteiger partial charge in [-0.15, -0.1) is 0 Å². The Morgan fingerprint density at radius 2 is 0.719 bits per heavy atom. The molecule has 0 heterocycles. The molecule has 3 aliphatic carbocycles. The van der Waals surface area contributed by atoms with E-state index < -0.39 is 5.41 Å². The van der Waals surface area contributed by atoms with Gasteiger partial charge in [0.2, 0.25) is 0 Å². The number of hydrogen-bond donors (Lipinski definition) is 0. The van der Waals surface area contributed by atoms with Gasteiger partial charge in [0.05, 0.1) is 5.41 Å². The fourth-order valence-corrected chi connectivity index (χ4v) is 12.7. The van der Waals surface area contributed by atoms with Crippen LogP contribution < -0.4 is 0 Å². The monoisotopic (exact) mass is 810 g/mol. The first-order chi connectivity index (χ1) is 31.5. The molecule has 0 radical (unpaired) electrons. The van der Waals surface area contributed by atoms with Gasteiger partial charge in [0, 0.05) is 5.41 Å². The summed E-state index contributed by atoms with van der Waals surface area (Å²) in [5, 5.41) is 7.68. The quantitative estimate of drug-likeness (QED) is 0.156. The predicted octanol–water partition coefficient (Wildman–Crippen LogP) is 16.8. The maximum atomic E-state index is 2.54. The van der Waals surface area contributed by atoms with Gasteiger partial charge in [0.1, 0.15) is 0 Å². The van der Waals surface area contributed by atoms with E-state index in [1.165, 1.54) is 132 Å². The van der Waals surface area contributed by atoms with Crippen LogP contribution in [0.4, 0.5) is 0 Å². The van der Waals surface area contributed by atoms with Crippen LogP contribution in [0.15, 0.2) is 218 Å². The minimum Gasteiger partial charge on any atom is -0.0619 e. The summed E-state index contributed by atoms with van der Waals surface area (Å²) in [4.78, 5) is 0. The van der Waals surface area contributed by atoms with Gasteiger partial charge in [0.15, 0.2) is 0 Å². The van der Waals surface area contributed by atoms with Crippen LogP contribution in [0.25, 0.3) is 99.1 Å². The summed E-state index contributed by atoms with van der Waals surface area (Å²) in [7, 11) is 0. The van der Waals surface area contributed by atoms with E-state index in [1.807, 2.05) is 0 Å². The van der Waals surface area contributed by atoms with E-state index in [4.69, 9.17) is 0 Å². The Kier molecular flexibility index (Phi) is 7.20. The van der Waals surface area contributed by atoms with Crippen LogP contribution in [0.5, 0.6) is 0 Å². The number of benzene rings is 11. The van der Waals surface area contributed by atoms with Gasteiger partial charge >= 0.3 is 0 Å². The fraction of sp³-hybridized carbons (Fsp3) is 0.0625. The third-order valence-electron chi connectivity index (χ3n) is 15.2. The molecule has 3 aliphatic rings. The molecule has 0 saturated carbocycles. The standard InChI is InChI=1S/C64H42/c1-63(2)57-36-34-39-17-3-4-20-43(39)61(57)53-29-16-28-44(62(53)63)40-18-15-19-41(37-40)59-49-24-5-7-26-51(49)60(52-27-8-6-25-50(52)59)42-33-35-48-47-23-11-14-32-56(47)64(58(48)38-42)54-30-12-9-21-45(54)46-22-10-13-31-55(46)64/h3-38H,1-2H3. The molecule has 0 bridgehead atoms. The Balaban J connectivity index is 0.985. The minimum atomic E-state index is -0.401. The van der Waals surface area contributed by atoms with E-state index in [9.17, 15) is 0 Å². The molecule has 0 heteroatoms. The van der Waals surface area contributed by atoms with E-state index in [-0.39, 0.29) is 5.41 Å². The molecule has 0 nitrogen and oxygen atoms in total. The lowest BCUT2D eigenvalue weighted by atomic mass is 9.70. The van der Waals surface area contributed by atoms with E-state index in [2.05, 4.69) is 232 Å². The minimum absolute atomic E-state index is 0.152. The zero-order valence-electron chi connectivity index (χ0n) is 35.8. The molecule has 0 amide bonds. The first-order valence-electron chi connectivity index (χ1n) is 22.7. The summed E-state index contributed by atoms with van der Waals surface area (Å²) < 4.78 is 0. The van der Waals surface area contributed by atoms with Crippen molar-refractivity contribution in [3.8, 4) is 66.8 Å². The molecule has 0 N–H and O–H groups in total. The lowest BCUT2D eigenvalue weighted by Crippen LogP contribution is -2.25. The summed E-state index contributed by atoms with van der Waals surface area (Å²) in [5.74, 6) is 0. The molecule has 0 aliphatic heterocycles. The Hall–Kier alpha value is -7.80. The highest BCUT2D eigenvalue weighted by Crippen LogP contribution is 2.63. The molecular weight excluding hydrogens is 769 g/mol. The van der Waals surface area contributed by atoms with Crippen LogP contribution in [0, 0.1) is 0 Å². The Morgan fingerprint density at radius 3 is 1.33 bits per heavy atom. The molecule has 0 aromatic heterocycles. The molecule has 0 unspecified atom stereocenters. The Labute approximate surface area is 373 Å². The molecule has 1 spiro atoms. The number of fused-ring (bicyclic) bond motifs is 17. The summed E-state index contributed by atoms with van der Waals surface area (Å²) >= 11 is 0. The van der Waals surface area contributed by atoms with Crippen molar-refractivity contribution in [1.82, 2.24) is 0 Å². The van der Waals surface area contributed by atoms with Gasteiger partial charge in [-0.3, -0.25) is 0 Å². The van der Waals surface area contributed by atoms with Crippen LogP contribution in [0.3, 0.4) is 0 Å². The molecule has 0 saturated heterocycles. The van der Waals surface area contributed by atoms with Crippen LogP contribution >= 0.6 is 0 Å². The van der Waals surface area contributed by atoms with Gasteiger partial charge < -0.3 is 0 Å². The van der Waals surface area contributed by atoms with Crippen molar-refractivity contribution < 1.29 is 0 Å². The van der Waals surface area contributed by atoms with Crippen molar-refractivity contribution in [1.29, 1.82) is 0 Å². The first kappa shape index (κ1) is 35.8. The van der Waals surface area contributed by atoms with Crippen LogP contribution in [0.2, 0.25) is 0 Å². The normalized spacial score (nSPS) is 14.3. The fourth-order valence-electron chi connectivity index (χ4n) is 12.7. The summed E-state index contributed by atoms with van der Waals surface area (Å²) in [6, 6.07) is 82.6. The van der Waals surface area contributed by atoms with Gasteiger partial charge in [-0.2, -0.15) is 0 Å². The zero-order valence-corrected chi connectivity index (χ0v) is 35.8. The van der Waals surface area contributed by atoms with Gasteiger partial charge in [-0.05, 0) is 145 Å². The van der Waals surface area contributed by atoms with Crippen molar-refractivity contribution in [2.45, 2.75) is 24.7 Å². The van der Waals surface area contributed by atoms with Crippen molar-refractivity contribution >= 4 is 32.3 Å². The van der Waals surface area contributed by atoms with Crippen molar-refractivity contribution in [2.75, 3.05) is 0 Å². The second kappa shape index (κ2) is 12.9. The molecule has 11 aromatic carbocycles. The average Bonchev–Trinajstić information content (AvgIpc) is 3.91. The van der Waals surface area contributed by atoms with E-state index >= 15 is 0 Å². The number of rotatable bonds is 3. The van der Waals surface area contributed by atoms with E-state index in [1.54, 1.807) is 0 Å². The lowest BCUT2D eigenvalue weighted by Gasteiger charge is -2.31. The van der Waals surface area contributed by atoms with Gasteiger partial charge in [-0.1, -0.05) is 220 Å². The molecular formula is C64H42. The Morgan fingerprint density at radius 1 is 0.266 bits per heavy atom. The molecule has 64 heavy (non-hydrogen) atoms. The maximum absolute atomic E-state index is 2.54. The van der Waals surface area contributed by atoms with Crippen LogP contribution in [-0.2, 0) is 10.8 Å². The number of hydrogen-bond acceptors (Lipinski definition) is 0. The van der Waals surface area contributed by atoms with Gasteiger partial charge in [-0.25, -0.2) is 0 Å².